The highest BCUT2D eigenvalue weighted by molar-refractivity contribution is 6.07. The summed E-state index contributed by atoms with van der Waals surface area (Å²) in [5.41, 5.74) is 9.87. The van der Waals surface area contributed by atoms with Crippen molar-refractivity contribution >= 4 is 29.1 Å². The number of piperazine rings is 1. The Labute approximate surface area is 258 Å². The number of rotatable bonds is 6. The van der Waals surface area contributed by atoms with Gasteiger partial charge in [0, 0.05) is 55.0 Å². The van der Waals surface area contributed by atoms with Gasteiger partial charge in [0.1, 0.15) is 5.82 Å². The van der Waals surface area contributed by atoms with Crippen molar-refractivity contribution in [2.75, 3.05) is 36.4 Å². The molecule has 4 N–H and O–H groups in total. The number of hydrogen-bond acceptors (Lipinski definition) is 5. The van der Waals surface area contributed by atoms with E-state index in [0.717, 1.165) is 36.9 Å². The number of benzene rings is 3. The van der Waals surface area contributed by atoms with E-state index in [1.807, 2.05) is 30.3 Å². The number of amides is 3. The van der Waals surface area contributed by atoms with Crippen molar-refractivity contribution < 1.29 is 18.8 Å². The molecule has 1 aliphatic heterocycles. The maximum atomic E-state index is 13.4. The van der Waals surface area contributed by atoms with E-state index in [4.69, 9.17) is 5.73 Å². The monoisotopic (exact) mass is 599 g/mol. The molecule has 1 saturated heterocycles. The predicted molar refractivity (Wildman–Crippen MR) is 172 cm³/mol. The fraction of sp³-hybridized carbons (Fsp3) is 0.400. The second-order valence-corrected chi connectivity index (χ2v) is 12.9. The van der Waals surface area contributed by atoms with Gasteiger partial charge in [-0.15, -0.1) is 0 Å². The molecule has 0 bridgehead atoms. The third-order valence-electron chi connectivity index (χ3n) is 8.63. The van der Waals surface area contributed by atoms with Gasteiger partial charge in [0.15, 0.2) is 0 Å². The van der Waals surface area contributed by atoms with E-state index < -0.39 is 0 Å². The average Bonchev–Trinajstić information content (AvgIpc) is 3.02. The number of halogens is 1. The summed E-state index contributed by atoms with van der Waals surface area (Å²) in [4.78, 5) is 43.5. The van der Waals surface area contributed by atoms with Crippen LogP contribution in [0.1, 0.15) is 83.1 Å². The van der Waals surface area contributed by atoms with Crippen LogP contribution in [0.3, 0.4) is 0 Å². The summed E-state index contributed by atoms with van der Waals surface area (Å²) >= 11 is 0. The van der Waals surface area contributed by atoms with Crippen LogP contribution in [-0.4, -0.2) is 60.9 Å². The van der Waals surface area contributed by atoms with Crippen LogP contribution in [0.15, 0.2) is 66.7 Å². The number of nitrogens with zero attached hydrogens (tertiary/aromatic N) is 2. The molecule has 0 atom stereocenters. The zero-order valence-electron chi connectivity index (χ0n) is 25.7. The lowest BCUT2D eigenvalue weighted by molar-refractivity contribution is 0.0746. The molecule has 232 valence electrons. The molecule has 0 spiro atoms. The first-order valence-corrected chi connectivity index (χ1v) is 15.4. The molecule has 2 aliphatic rings. The maximum absolute atomic E-state index is 13.4. The first-order chi connectivity index (χ1) is 21.0. The van der Waals surface area contributed by atoms with Gasteiger partial charge < -0.3 is 26.2 Å². The van der Waals surface area contributed by atoms with Crippen molar-refractivity contribution in [3.8, 4) is 0 Å². The van der Waals surface area contributed by atoms with Gasteiger partial charge in [0.05, 0.1) is 11.4 Å². The van der Waals surface area contributed by atoms with Crippen LogP contribution in [0.4, 0.5) is 15.8 Å². The molecule has 5 rings (SSSR count). The molecular formula is C35H42FN5O3. The van der Waals surface area contributed by atoms with Gasteiger partial charge in [-0.1, -0.05) is 32.9 Å². The topological polar surface area (TPSA) is 108 Å². The van der Waals surface area contributed by atoms with Gasteiger partial charge in [0.2, 0.25) is 0 Å². The zero-order chi connectivity index (χ0) is 31.4. The SMILES string of the molecule is CC(C)(C)c1ccc(C(=O)Nc2cc(C(=O)NC3CCC(N)CC3)ccc2N2CCN(C(=O)c3ccc(F)cc3)CC2)cc1. The number of nitrogens with two attached hydrogens (primary N) is 1. The van der Waals surface area contributed by atoms with Gasteiger partial charge in [0.25, 0.3) is 17.7 Å². The Morgan fingerprint density at radius 3 is 1.98 bits per heavy atom. The molecule has 3 amide bonds. The first kappa shape index (κ1) is 31.2. The number of anilines is 2. The van der Waals surface area contributed by atoms with Crippen LogP contribution in [0.5, 0.6) is 0 Å². The minimum atomic E-state index is -0.383. The second-order valence-electron chi connectivity index (χ2n) is 12.9. The van der Waals surface area contributed by atoms with Gasteiger partial charge in [-0.25, -0.2) is 4.39 Å². The van der Waals surface area contributed by atoms with Crippen LogP contribution < -0.4 is 21.3 Å². The summed E-state index contributed by atoms with van der Waals surface area (Å²) in [5, 5.41) is 6.20. The Bertz CT molecular complexity index is 1480. The maximum Gasteiger partial charge on any atom is 0.255 e. The van der Waals surface area contributed by atoms with Crippen LogP contribution >= 0.6 is 0 Å². The molecular weight excluding hydrogens is 557 g/mol. The smallest absolute Gasteiger partial charge is 0.255 e. The van der Waals surface area contributed by atoms with Crippen LogP contribution in [-0.2, 0) is 5.41 Å². The highest BCUT2D eigenvalue weighted by Gasteiger charge is 2.26. The van der Waals surface area contributed by atoms with Crippen molar-refractivity contribution in [1.82, 2.24) is 10.2 Å². The third kappa shape index (κ3) is 7.45. The molecule has 1 aliphatic carbocycles. The minimum absolute atomic E-state index is 0.0342. The van der Waals surface area contributed by atoms with Crippen molar-refractivity contribution in [3.05, 3.63) is 94.8 Å². The Kier molecular flexibility index (Phi) is 9.34. The quantitative estimate of drug-likeness (QED) is 0.355. The number of nitrogens with one attached hydrogen (secondary N) is 2. The Morgan fingerprint density at radius 1 is 0.773 bits per heavy atom. The van der Waals surface area contributed by atoms with Gasteiger partial charge in [-0.2, -0.15) is 0 Å². The zero-order valence-corrected chi connectivity index (χ0v) is 25.7. The molecule has 2 fully saturated rings. The fourth-order valence-corrected chi connectivity index (χ4v) is 5.83. The standard InChI is InChI=1S/C35H42FN5O3/c1-35(2,3)26-9-4-23(5-10-26)32(42)39-30-22-25(33(43)38-29-15-13-28(37)14-16-29)8-17-31(30)40-18-20-41(21-19-40)34(44)24-6-11-27(36)12-7-24/h4-12,17,22,28-29H,13-16,18-21,37H2,1-3H3,(H,38,43)(H,39,42). The lowest BCUT2D eigenvalue weighted by Crippen LogP contribution is -2.49. The van der Waals surface area contributed by atoms with Crippen molar-refractivity contribution in [1.29, 1.82) is 0 Å². The highest BCUT2D eigenvalue weighted by atomic mass is 19.1. The summed E-state index contributed by atoms with van der Waals surface area (Å²) in [6.07, 6.45) is 3.46. The Balaban J connectivity index is 1.34. The lowest BCUT2D eigenvalue weighted by Gasteiger charge is -2.37. The van der Waals surface area contributed by atoms with Crippen molar-refractivity contribution in [2.45, 2.75) is 64.0 Å². The van der Waals surface area contributed by atoms with E-state index >= 15 is 0 Å². The molecule has 1 saturated carbocycles. The summed E-state index contributed by atoms with van der Waals surface area (Å²) < 4.78 is 13.4. The van der Waals surface area contributed by atoms with Crippen LogP contribution in [0.2, 0.25) is 0 Å². The van der Waals surface area contributed by atoms with Crippen molar-refractivity contribution in [2.24, 2.45) is 5.73 Å². The van der Waals surface area contributed by atoms with Gasteiger partial charge >= 0.3 is 0 Å². The van der Waals surface area contributed by atoms with E-state index in [0.29, 0.717) is 48.6 Å². The number of carbonyl (C=O) groups is 3. The summed E-state index contributed by atoms with van der Waals surface area (Å²) in [6.45, 7) is 8.36. The highest BCUT2D eigenvalue weighted by Crippen LogP contribution is 2.30. The molecule has 3 aromatic rings. The van der Waals surface area contributed by atoms with E-state index in [1.165, 1.54) is 24.3 Å². The minimum Gasteiger partial charge on any atom is -0.366 e. The van der Waals surface area contributed by atoms with E-state index in [9.17, 15) is 18.8 Å². The molecule has 0 radical (unpaired) electrons. The fourth-order valence-electron chi connectivity index (χ4n) is 5.83. The Hall–Kier alpha value is -4.24. The van der Waals surface area contributed by atoms with Crippen LogP contribution in [0.25, 0.3) is 0 Å². The van der Waals surface area contributed by atoms with Crippen molar-refractivity contribution in [3.63, 3.8) is 0 Å². The summed E-state index contributed by atoms with van der Waals surface area (Å²) in [7, 11) is 0. The largest absolute Gasteiger partial charge is 0.366 e. The Morgan fingerprint density at radius 2 is 1.36 bits per heavy atom. The van der Waals surface area contributed by atoms with Gasteiger partial charge in [-0.05, 0) is 91.3 Å². The third-order valence-corrected chi connectivity index (χ3v) is 8.63. The van der Waals surface area contributed by atoms with Gasteiger partial charge in [-0.3, -0.25) is 14.4 Å². The lowest BCUT2D eigenvalue weighted by atomic mass is 9.86. The normalized spacial score (nSPS) is 18.9. The predicted octanol–water partition coefficient (Wildman–Crippen LogP) is 5.34. The molecule has 9 heteroatoms. The molecule has 44 heavy (non-hydrogen) atoms. The molecule has 0 unspecified atom stereocenters. The van der Waals surface area contributed by atoms with E-state index in [-0.39, 0.29) is 41.0 Å². The van der Waals surface area contributed by atoms with Crippen LogP contribution in [0, 0.1) is 5.82 Å². The summed E-state index contributed by atoms with van der Waals surface area (Å²) in [5.74, 6) is -0.980. The molecule has 1 heterocycles. The molecule has 8 nitrogen and oxygen atoms in total. The average molecular weight is 600 g/mol. The van der Waals surface area contributed by atoms with E-state index in [1.54, 1.807) is 17.0 Å². The molecule has 0 aromatic heterocycles. The first-order valence-electron chi connectivity index (χ1n) is 15.4. The number of hydrogen-bond donors (Lipinski definition) is 3. The second kappa shape index (κ2) is 13.2. The molecule has 3 aromatic carbocycles. The number of carbonyl (C=O) groups excluding carboxylic acids is 3. The van der Waals surface area contributed by atoms with E-state index in [2.05, 4.69) is 36.3 Å². The summed E-state index contributed by atoms with van der Waals surface area (Å²) in [6, 6.07) is 18.8.